The minimum Gasteiger partial charge on any atom is -0.461 e. The molecular formula is C28H32N2O5. The molecule has 2 atom stereocenters. The fraction of sp³-hybridized carbons (Fsp3) is 0.321. The fourth-order valence-corrected chi connectivity index (χ4v) is 3.77. The molecule has 0 aliphatic heterocycles. The van der Waals surface area contributed by atoms with Crippen molar-refractivity contribution < 1.29 is 23.9 Å². The number of hydrogen-bond acceptors (Lipinski definition) is 6. The highest BCUT2D eigenvalue weighted by molar-refractivity contribution is 5.84. The van der Waals surface area contributed by atoms with Crippen molar-refractivity contribution in [3.05, 3.63) is 83.9 Å². The first-order valence-electron chi connectivity index (χ1n) is 11.8. The number of esters is 2. The summed E-state index contributed by atoms with van der Waals surface area (Å²) in [4.78, 5) is 36.1. The molecule has 0 saturated heterocycles. The highest BCUT2D eigenvalue weighted by Crippen LogP contribution is 2.18. The van der Waals surface area contributed by atoms with Crippen LogP contribution in [0.5, 0.6) is 0 Å². The third-order valence-electron chi connectivity index (χ3n) is 5.76. The van der Waals surface area contributed by atoms with Gasteiger partial charge in [0.1, 0.15) is 12.6 Å². The molecule has 0 bridgehead atoms. The minimum atomic E-state index is -1.04. The van der Waals surface area contributed by atoms with Crippen LogP contribution in [0.3, 0.4) is 0 Å². The van der Waals surface area contributed by atoms with Gasteiger partial charge in [-0.2, -0.15) is 0 Å². The molecular weight excluding hydrogens is 444 g/mol. The Labute approximate surface area is 205 Å². The highest BCUT2D eigenvalue weighted by atomic mass is 16.5. The van der Waals surface area contributed by atoms with E-state index in [0.717, 1.165) is 22.9 Å². The Hall–Kier alpha value is -3.71. The summed E-state index contributed by atoms with van der Waals surface area (Å²) in [7, 11) is 0. The first kappa shape index (κ1) is 25.9. The number of hydrogen-bond donors (Lipinski definition) is 2. The second kappa shape index (κ2) is 13.2. The molecule has 0 aliphatic carbocycles. The van der Waals surface area contributed by atoms with Gasteiger partial charge in [-0.15, -0.1) is 0 Å². The average molecular weight is 477 g/mol. The van der Waals surface area contributed by atoms with Gasteiger partial charge in [0.25, 0.3) is 5.91 Å². The molecule has 4 N–H and O–H groups in total. The predicted octanol–water partition coefficient (Wildman–Crippen LogP) is 3.80. The van der Waals surface area contributed by atoms with Gasteiger partial charge >= 0.3 is 11.9 Å². The minimum absolute atomic E-state index is 0.138. The maximum atomic E-state index is 12.4. The van der Waals surface area contributed by atoms with Crippen molar-refractivity contribution in [2.24, 2.45) is 11.5 Å². The van der Waals surface area contributed by atoms with E-state index in [0.29, 0.717) is 19.3 Å². The predicted molar refractivity (Wildman–Crippen MR) is 134 cm³/mol. The lowest BCUT2D eigenvalue weighted by atomic mass is 10.0. The smallest absolute Gasteiger partial charge is 0.323 e. The molecule has 7 nitrogen and oxygen atoms in total. The van der Waals surface area contributed by atoms with Gasteiger partial charge in [0.2, 0.25) is 0 Å². The lowest BCUT2D eigenvalue weighted by molar-refractivity contribution is -0.157. The fourth-order valence-electron chi connectivity index (χ4n) is 3.77. The molecule has 1 amide bonds. The van der Waals surface area contributed by atoms with Crippen LogP contribution in [0.2, 0.25) is 0 Å². The molecule has 0 aromatic heterocycles. The van der Waals surface area contributed by atoms with Crippen molar-refractivity contribution in [3.8, 4) is 0 Å². The maximum absolute atomic E-state index is 12.4. The third kappa shape index (κ3) is 8.54. The zero-order valence-electron chi connectivity index (χ0n) is 19.7. The van der Waals surface area contributed by atoms with E-state index in [1.807, 2.05) is 48.5 Å². The van der Waals surface area contributed by atoms with Crippen LogP contribution in [0.1, 0.15) is 43.2 Å². The van der Waals surface area contributed by atoms with Crippen LogP contribution in [0.25, 0.3) is 10.8 Å². The summed E-state index contributed by atoms with van der Waals surface area (Å²) in [5, 5.41) is 2.32. The Morgan fingerprint density at radius 1 is 0.800 bits per heavy atom. The molecule has 0 radical (unpaired) electrons. The van der Waals surface area contributed by atoms with Crippen molar-refractivity contribution in [2.75, 3.05) is 0 Å². The summed E-state index contributed by atoms with van der Waals surface area (Å²) in [5.74, 6) is -1.76. The molecule has 35 heavy (non-hydrogen) atoms. The monoisotopic (exact) mass is 476 g/mol. The molecule has 0 aliphatic rings. The Kier molecular flexibility index (Phi) is 9.80. The van der Waals surface area contributed by atoms with E-state index in [2.05, 4.69) is 24.3 Å². The van der Waals surface area contributed by atoms with Gasteiger partial charge in [-0.05, 0) is 54.0 Å². The summed E-state index contributed by atoms with van der Waals surface area (Å²) >= 11 is 0. The molecule has 1 unspecified atom stereocenters. The zero-order valence-corrected chi connectivity index (χ0v) is 19.7. The number of ether oxygens (including phenoxy) is 2. The first-order valence-corrected chi connectivity index (χ1v) is 11.8. The van der Waals surface area contributed by atoms with Crippen LogP contribution in [0.4, 0.5) is 0 Å². The standard InChI is InChI=1S/C28H32N2O5/c29-24(13-7-15-26(31)34-19-21-8-2-1-3-9-21)28(33)35-25(27(30)32)14-6-10-20-16-17-22-11-4-5-12-23(22)18-20/h1-5,8-9,11-12,16-18,24-25H,6-7,10,13-15,19,29H2,(H2,30,32)/t24-,25?/m0/s1. The molecule has 184 valence electrons. The normalized spacial score (nSPS) is 12.6. The lowest BCUT2D eigenvalue weighted by Crippen LogP contribution is -2.40. The SMILES string of the molecule is NC(=O)C(CCCc1ccc2ccccc2c1)OC(=O)[C@@H](N)CCCC(=O)OCc1ccccc1. The van der Waals surface area contributed by atoms with E-state index >= 15 is 0 Å². The molecule has 3 aromatic rings. The van der Waals surface area contributed by atoms with E-state index in [1.54, 1.807) is 0 Å². The number of carbonyl (C=O) groups is 3. The largest absolute Gasteiger partial charge is 0.461 e. The Morgan fingerprint density at radius 3 is 2.26 bits per heavy atom. The Balaban J connectivity index is 1.37. The molecule has 0 saturated carbocycles. The van der Waals surface area contributed by atoms with Crippen LogP contribution < -0.4 is 11.5 Å². The second-order valence-electron chi connectivity index (χ2n) is 8.55. The van der Waals surface area contributed by atoms with E-state index in [1.165, 1.54) is 5.39 Å². The number of rotatable bonds is 13. The van der Waals surface area contributed by atoms with Crippen LogP contribution in [-0.2, 0) is 36.9 Å². The van der Waals surface area contributed by atoms with Crippen LogP contribution in [0, 0.1) is 0 Å². The van der Waals surface area contributed by atoms with Crippen molar-refractivity contribution in [3.63, 3.8) is 0 Å². The number of amides is 1. The number of aryl methyl sites for hydroxylation is 1. The average Bonchev–Trinajstić information content (AvgIpc) is 2.87. The molecule has 3 aromatic carbocycles. The van der Waals surface area contributed by atoms with E-state index in [4.69, 9.17) is 20.9 Å². The zero-order chi connectivity index (χ0) is 25.0. The van der Waals surface area contributed by atoms with Crippen molar-refractivity contribution >= 4 is 28.6 Å². The molecule has 7 heteroatoms. The molecule has 3 rings (SSSR count). The van der Waals surface area contributed by atoms with Gasteiger partial charge in [-0.25, -0.2) is 0 Å². The summed E-state index contributed by atoms with van der Waals surface area (Å²) < 4.78 is 10.5. The Morgan fingerprint density at radius 2 is 1.51 bits per heavy atom. The lowest BCUT2D eigenvalue weighted by Gasteiger charge is -2.18. The number of nitrogens with two attached hydrogens (primary N) is 2. The van der Waals surface area contributed by atoms with Crippen LogP contribution in [0.15, 0.2) is 72.8 Å². The van der Waals surface area contributed by atoms with Crippen LogP contribution >= 0.6 is 0 Å². The number of benzene rings is 3. The van der Waals surface area contributed by atoms with Gasteiger partial charge in [-0.3, -0.25) is 14.4 Å². The Bertz CT molecular complexity index is 1130. The van der Waals surface area contributed by atoms with Gasteiger partial charge in [-0.1, -0.05) is 72.8 Å². The summed E-state index contributed by atoms with van der Waals surface area (Å²) in [6.45, 7) is 0.202. The van der Waals surface area contributed by atoms with Gasteiger partial charge in [0, 0.05) is 6.42 Å². The molecule has 0 heterocycles. The van der Waals surface area contributed by atoms with E-state index in [9.17, 15) is 14.4 Å². The van der Waals surface area contributed by atoms with Gasteiger partial charge in [0.15, 0.2) is 6.10 Å². The quantitative estimate of drug-likeness (QED) is 0.362. The molecule has 0 spiro atoms. The number of primary amides is 1. The first-order chi connectivity index (χ1) is 16.9. The third-order valence-corrected chi connectivity index (χ3v) is 5.76. The maximum Gasteiger partial charge on any atom is 0.323 e. The van der Waals surface area contributed by atoms with Gasteiger partial charge < -0.3 is 20.9 Å². The van der Waals surface area contributed by atoms with Crippen molar-refractivity contribution in [1.82, 2.24) is 0 Å². The van der Waals surface area contributed by atoms with E-state index in [-0.39, 0.29) is 25.4 Å². The second-order valence-corrected chi connectivity index (χ2v) is 8.55. The summed E-state index contributed by atoms with van der Waals surface area (Å²) in [6, 6.07) is 22.7. The van der Waals surface area contributed by atoms with Crippen molar-refractivity contribution in [2.45, 2.75) is 57.3 Å². The molecule has 0 fully saturated rings. The van der Waals surface area contributed by atoms with Gasteiger partial charge in [0.05, 0.1) is 0 Å². The summed E-state index contributed by atoms with van der Waals surface area (Å²) in [6.07, 6.45) is 1.37. The van der Waals surface area contributed by atoms with Crippen LogP contribution in [-0.4, -0.2) is 30.0 Å². The number of fused-ring (bicyclic) bond motifs is 1. The topological polar surface area (TPSA) is 122 Å². The summed E-state index contributed by atoms with van der Waals surface area (Å²) in [5.41, 5.74) is 13.4. The highest BCUT2D eigenvalue weighted by Gasteiger charge is 2.24. The van der Waals surface area contributed by atoms with E-state index < -0.39 is 24.0 Å². The number of carbonyl (C=O) groups excluding carboxylic acids is 3. The van der Waals surface area contributed by atoms with Crippen molar-refractivity contribution in [1.29, 1.82) is 0 Å².